The Morgan fingerprint density at radius 2 is 1.69 bits per heavy atom. The van der Waals surface area contributed by atoms with Gasteiger partial charge in [-0.1, -0.05) is 30.3 Å². The Hall–Kier alpha value is -2.91. The van der Waals surface area contributed by atoms with Gasteiger partial charge < -0.3 is 5.73 Å². The van der Waals surface area contributed by atoms with Gasteiger partial charge in [0.2, 0.25) is 16.0 Å². The lowest BCUT2D eigenvalue weighted by atomic mass is 10.0. The van der Waals surface area contributed by atoms with Crippen molar-refractivity contribution in [3.05, 3.63) is 60.7 Å². The summed E-state index contributed by atoms with van der Waals surface area (Å²) in [6.07, 6.45) is 2.81. The van der Waals surface area contributed by atoms with Crippen molar-refractivity contribution < 1.29 is 17.2 Å². The zero-order chi connectivity index (χ0) is 21.2. The van der Waals surface area contributed by atoms with E-state index in [0.29, 0.717) is 16.7 Å². The molecule has 1 aromatic heterocycles. The van der Waals surface area contributed by atoms with Crippen LogP contribution in [0.1, 0.15) is 13.8 Å². The summed E-state index contributed by atoms with van der Waals surface area (Å²) in [5.74, 6) is -0.492. The molecule has 2 aromatic carbocycles. The third kappa shape index (κ3) is 4.57. The van der Waals surface area contributed by atoms with Crippen LogP contribution in [0.4, 0.5) is 14.7 Å². The van der Waals surface area contributed by atoms with Gasteiger partial charge in [0.05, 0.1) is 10.4 Å². The maximum absolute atomic E-state index is 14.8. The van der Waals surface area contributed by atoms with E-state index in [1.165, 1.54) is 44.4 Å². The molecular weight excluding hydrogens is 398 g/mol. The van der Waals surface area contributed by atoms with Gasteiger partial charge in [-0.25, -0.2) is 31.9 Å². The summed E-state index contributed by atoms with van der Waals surface area (Å²) in [4.78, 5) is 7.63. The first kappa shape index (κ1) is 20.8. The minimum Gasteiger partial charge on any atom is -0.368 e. The van der Waals surface area contributed by atoms with Crippen LogP contribution in [-0.2, 0) is 10.0 Å². The number of anilines is 1. The number of nitrogens with two attached hydrogens (primary N) is 1. The molecule has 0 aliphatic rings. The minimum absolute atomic E-state index is 0.0653. The van der Waals surface area contributed by atoms with Crippen LogP contribution >= 0.6 is 0 Å². The number of rotatable bonds is 6. The predicted molar refractivity (Wildman–Crippen MR) is 108 cm³/mol. The lowest BCUT2D eigenvalue weighted by Gasteiger charge is -2.23. The Balaban J connectivity index is 2.04. The number of hydrogen-bond acceptors (Lipinski definition) is 5. The van der Waals surface area contributed by atoms with Crippen molar-refractivity contribution in [3.63, 3.8) is 0 Å². The third-order valence-electron chi connectivity index (χ3n) is 4.18. The lowest BCUT2D eigenvalue weighted by molar-refractivity contribution is 0.326. The number of nitrogens with one attached hydrogen (secondary N) is 1. The van der Waals surface area contributed by atoms with E-state index in [9.17, 15) is 17.2 Å². The van der Waals surface area contributed by atoms with Crippen LogP contribution in [-0.4, -0.2) is 30.6 Å². The molecule has 3 aromatic rings. The van der Waals surface area contributed by atoms with E-state index in [-0.39, 0.29) is 16.4 Å². The molecule has 9 heteroatoms. The summed E-state index contributed by atoms with van der Waals surface area (Å²) in [5, 5.41) is 0. The molecule has 152 valence electrons. The molecule has 0 aliphatic heterocycles. The van der Waals surface area contributed by atoms with Crippen molar-refractivity contribution >= 4 is 16.0 Å². The van der Waals surface area contributed by atoms with Gasteiger partial charge in [-0.3, -0.25) is 0 Å². The van der Waals surface area contributed by atoms with Gasteiger partial charge in [0.15, 0.2) is 0 Å². The minimum atomic E-state index is -4.04. The first-order valence-corrected chi connectivity index (χ1v) is 10.2. The number of nitrogens with zero attached hydrogens (tertiary/aromatic N) is 2. The van der Waals surface area contributed by atoms with Crippen molar-refractivity contribution in [2.24, 2.45) is 0 Å². The van der Waals surface area contributed by atoms with Crippen molar-refractivity contribution in [1.82, 2.24) is 14.7 Å². The van der Waals surface area contributed by atoms with Crippen molar-refractivity contribution in [1.29, 1.82) is 0 Å². The topological polar surface area (TPSA) is 98.0 Å². The molecular formula is C20H20F2N4O2S. The second-order valence-electron chi connectivity index (χ2n) is 7.14. The summed E-state index contributed by atoms with van der Waals surface area (Å²) in [6.45, 7) is 2.01. The average Bonchev–Trinajstić information content (AvgIpc) is 2.68. The standard InChI is InChI=1S/C20H20F2N4O2S/c1-20(2,12-21)26-29(27,28)18-6-4-3-5-16(18)13-7-8-15(17(22)9-13)14-10-24-19(23)25-11-14/h3-11,26H,12H2,1-2H3,(H2,23,24,25). The molecule has 0 saturated carbocycles. The van der Waals surface area contributed by atoms with E-state index >= 15 is 0 Å². The van der Waals surface area contributed by atoms with Gasteiger partial charge in [-0.15, -0.1) is 0 Å². The molecule has 1 heterocycles. The Bertz CT molecular complexity index is 1130. The van der Waals surface area contributed by atoms with Crippen LogP contribution in [0, 0.1) is 5.82 Å². The van der Waals surface area contributed by atoms with Gasteiger partial charge in [-0.2, -0.15) is 0 Å². The third-order valence-corrected chi connectivity index (χ3v) is 5.94. The SMILES string of the molecule is CC(C)(CF)NS(=O)(=O)c1ccccc1-c1ccc(-c2cnc(N)nc2)c(F)c1. The van der Waals surface area contributed by atoms with Gasteiger partial charge in [0, 0.05) is 29.1 Å². The molecule has 0 fully saturated rings. The number of aromatic nitrogens is 2. The summed E-state index contributed by atoms with van der Waals surface area (Å²) >= 11 is 0. The molecule has 3 rings (SSSR count). The number of halogens is 2. The van der Waals surface area contributed by atoms with Crippen LogP contribution < -0.4 is 10.5 Å². The summed E-state index contributed by atoms with van der Waals surface area (Å²) in [6, 6.07) is 10.5. The second kappa shape index (κ2) is 7.84. The fourth-order valence-corrected chi connectivity index (χ4v) is 4.40. The largest absolute Gasteiger partial charge is 0.368 e. The van der Waals surface area contributed by atoms with Gasteiger partial charge >= 0.3 is 0 Å². The molecule has 0 aliphatic carbocycles. The predicted octanol–water partition coefficient (Wildman–Crippen LogP) is 3.56. The second-order valence-corrected chi connectivity index (χ2v) is 8.79. The number of hydrogen-bond donors (Lipinski definition) is 2. The number of benzene rings is 2. The maximum Gasteiger partial charge on any atom is 0.241 e. The van der Waals surface area contributed by atoms with Crippen LogP contribution in [0.15, 0.2) is 59.8 Å². The van der Waals surface area contributed by atoms with Gasteiger partial charge in [-0.05, 0) is 31.5 Å². The zero-order valence-corrected chi connectivity index (χ0v) is 16.7. The molecule has 0 radical (unpaired) electrons. The van der Waals surface area contributed by atoms with Crippen LogP contribution in [0.25, 0.3) is 22.3 Å². The van der Waals surface area contributed by atoms with Crippen LogP contribution in [0.3, 0.4) is 0 Å². The number of sulfonamides is 1. The number of nitrogen functional groups attached to an aromatic ring is 1. The Kier molecular flexibility index (Phi) is 5.63. The van der Waals surface area contributed by atoms with E-state index < -0.39 is 28.1 Å². The van der Waals surface area contributed by atoms with Gasteiger partial charge in [0.1, 0.15) is 12.5 Å². The number of alkyl halides is 1. The molecule has 0 unspecified atom stereocenters. The molecule has 0 amide bonds. The highest BCUT2D eigenvalue weighted by Gasteiger charge is 2.28. The molecule has 0 atom stereocenters. The van der Waals surface area contributed by atoms with Crippen molar-refractivity contribution in [2.45, 2.75) is 24.3 Å². The first-order chi connectivity index (χ1) is 13.6. The summed E-state index contributed by atoms with van der Waals surface area (Å²) in [5.41, 5.74) is 5.54. The summed E-state index contributed by atoms with van der Waals surface area (Å²) in [7, 11) is -4.04. The molecule has 0 spiro atoms. The molecule has 0 bridgehead atoms. The normalized spacial score (nSPS) is 12.1. The fraction of sp³-hybridized carbons (Fsp3) is 0.200. The van der Waals surface area contributed by atoms with Crippen LogP contribution in [0.5, 0.6) is 0 Å². The molecule has 0 saturated heterocycles. The Morgan fingerprint density at radius 3 is 2.31 bits per heavy atom. The highest BCUT2D eigenvalue weighted by Crippen LogP contribution is 2.31. The van der Waals surface area contributed by atoms with Crippen molar-refractivity contribution in [2.75, 3.05) is 12.4 Å². The molecule has 29 heavy (non-hydrogen) atoms. The van der Waals surface area contributed by atoms with Crippen molar-refractivity contribution in [3.8, 4) is 22.3 Å². The van der Waals surface area contributed by atoms with E-state index in [2.05, 4.69) is 14.7 Å². The molecule has 3 N–H and O–H groups in total. The average molecular weight is 418 g/mol. The van der Waals surface area contributed by atoms with E-state index in [1.54, 1.807) is 24.3 Å². The van der Waals surface area contributed by atoms with E-state index in [1.807, 2.05) is 0 Å². The monoisotopic (exact) mass is 418 g/mol. The first-order valence-electron chi connectivity index (χ1n) is 8.70. The lowest BCUT2D eigenvalue weighted by Crippen LogP contribution is -2.45. The highest BCUT2D eigenvalue weighted by atomic mass is 32.2. The highest BCUT2D eigenvalue weighted by molar-refractivity contribution is 7.89. The van der Waals surface area contributed by atoms with E-state index in [0.717, 1.165) is 0 Å². The Morgan fingerprint density at radius 1 is 1.03 bits per heavy atom. The zero-order valence-electron chi connectivity index (χ0n) is 15.9. The molecule has 6 nitrogen and oxygen atoms in total. The van der Waals surface area contributed by atoms with Crippen LogP contribution in [0.2, 0.25) is 0 Å². The smallest absolute Gasteiger partial charge is 0.241 e. The Labute approximate surface area is 167 Å². The quantitative estimate of drug-likeness (QED) is 0.638. The van der Waals surface area contributed by atoms with E-state index in [4.69, 9.17) is 5.73 Å². The van der Waals surface area contributed by atoms with Gasteiger partial charge in [0.25, 0.3) is 0 Å². The fourth-order valence-electron chi connectivity index (χ4n) is 2.78. The maximum atomic E-state index is 14.8. The summed E-state index contributed by atoms with van der Waals surface area (Å²) < 4.78 is 55.9.